The number of nitrogens with one attached hydrogen (secondary N) is 1. The summed E-state index contributed by atoms with van der Waals surface area (Å²) in [6.07, 6.45) is 0. The minimum Gasteiger partial charge on any atom is -0.377 e. The van der Waals surface area contributed by atoms with Crippen molar-refractivity contribution >= 4 is 8.80 Å². The van der Waals surface area contributed by atoms with E-state index in [0.717, 1.165) is 19.1 Å². The van der Waals surface area contributed by atoms with Crippen LogP contribution in [0.2, 0.25) is 6.04 Å². The van der Waals surface area contributed by atoms with Crippen LogP contribution in [0, 0.1) is 5.92 Å². The number of rotatable bonds is 10. The van der Waals surface area contributed by atoms with Crippen molar-refractivity contribution < 1.29 is 13.3 Å². The topological polar surface area (TPSA) is 39.7 Å². The van der Waals surface area contributed by atoms with E-state index in [-0.39, 0.29) is 0 Å². The molecule has 0 amide bonds. The van der Waals surface area contributed by atoms with E-state index in [9.17, 15) is 0 Å². The molecule has 1 atom stereocenters. The van der Waals surface area contributed by atoms with Gasteiger partial charge in [-0.25, -0.2) is 0 Å². The zero-order valence-electron chi connectivity index (χ0n) is 11.3. The van der Waals surface area contributed by atoms with Crippen LogP contribution >= 0.6 is 0 Å². The first-order chi connectivity index (χ1) is 7.60. The average Bonchev–Trinajstić information content (AvgIpc) is 2.24. The molecule has 0 aliphatic heterocycles. The molecule has 0 aliphatic carbocycles. The fourth-order valence-electron chi connectivity index (χ4n) is 1.54. The quantitative estimate of drug-likeness (QED) is 0.474. The fourth-order valence-corrected chi connectivity index (χ4v) is 4.11. The van der Waals surface area contributed by atoms with E-state index in [1.165, 1.54) is 0 Å². The largest absolute Gasteiger partial charge is 0.500 e. The molecule has 0 aromatic heterocycles. The molecule has 98 valence electrons. The second kappa shape index (κ2) is 9.12. The van der Waals surface area contributed by atoms with Crippen molar-refractivity contribution in [1.29, 1.82) is 0 Å². The summed E-state index contributed by atoms with van der Waals surface area (Å²) in [4.78, 5) is 0. The van der Waals surface area contributed by atoms with Gasteiger partial charge in [-0.15, -0.1) is 0 Å². The molecular weight excluding hydrogens is 222 g/mol. The summed E-state index contributed by atoms with van der Waals surface area (Å²) in [5.41, 5.74) is 0. The zero-order chi connectivity index (χ0) is 12.4. The van der Waals surface area contributed by atoms with Crippen LogP contribution in [0.15, 0.2) is 0 Å². The predicted molar refractivity (Wildman–Crippen MR) is 68.5 cm³/mol. The molecule has 0 bridgehead atoms. The van der Waals surface area contributed by atoms with Gasteiger partial charge in [0.05, 0.1) is 6.61 Å². The highest BCUT2D eigenvalue weighted by molar-refractivity contribution is 6.60. The summed E-state index contributed by atoms with van der Waals surface area (Å²) in [6, 6.07) is 0.878. The van der Waals surface area contributed by atoms with Crippen molar-refractivity contribution in [3.8, 4) is 0 Å². The molecule has 0 saturated carbocycles. The van der Waals surface area contributed by atoms with Crippen molar-refractivity contribution in [1.82, 2.24) is 5.32 Å². The highest BCUT2D eigenvalue weighted by Crippen LogP contribution is 2.20. The molecule has 4 nitrogen and oxygen atoms in total. The molecule has 16 heavy (non-hydrogen) atoms. The van der Waals surface area contributed by atoms with Crippen molar-refractivity contribution in [3.63, 3.8) is 0 Å². The Labute approximate surface area is 101 Å². The first-order valence-electron chi connectivity index (χ1n) is 6.14. The molecule has 0 aromatic carbocycles. The van der Waals surface area contributed by atoms with Crippen LogP contribution in [0.5, 0.6) is 0 Å². The van der Waals surface area contributed by atoms with Gasteiger partial charge in [-0.1, -0.05) is 20.8 Å². The SMILES string of the molecule is CCNCCO[Si](CC(C)C)(OC)OCC. The third-order valence-electron chi connectivity index (χ3n) is 2.18. The molecule has 1 N–H and O–H groups in total. The Morgan fingerprint density at radius 1 is 1.19 bits per heavy atom. The van der Waals surface area contributed by atoms with E-state index >= 15 is 0 Å². The van der Waals surface area contributed by atoms with Crippen molar-refractivity contribution in [2.45, 2.75) is 33.7 Å². The van der Waals surface area contributed by atoms with Crippen molar-refractivity contribution in [2.24, 2.45) is 5.92 Å². The van der Waals surface area contributed by atoms with Gasteiger partial charge in [-0.05, 0) is 19.4 Å². The van der Waals surface area contributed by atoms with Gasteiger partial charge in [0.15, 0.2) is 0 Å². The maximum absolute atomic E-state index is 5.86. The molecule has 0 aliphatic rings. The van der Waals surface area contributed by atoms with Crippen molar-refractivity contribution in [2.75, 3.05) is 33.4 Å². The van der Waals surface area contributed by atoms with Crippen LogP contribution in [0.1, 0.15) is 27.7 Å². The van der Waals surface area contributed by atoms with Gasteiger partial charge in [0, 0.05) is 26.3 Å². The van der Waals surface area contributed by atoms with E-state index < -0.39 is 8.80 Å². The molecule has 5 heteroatoms. The van der Waals surface area contributed by atoms with E-state index in [1.807, 2.05) is 6.92 Å². The number of hydrogen-bond acceptors (Lipinski definition) is 4. The Bertz CT molecular complexity index is 169. The lowest BCUT2D eigenvalue weighted by atomic mass is 10.3. The Morgan fingerprint density at radius 2 is 1.88 bits per heavy atom. The third-order valence-corrected chi connectivity index (χ3v) is 5.50. The van der Waals surface area contributed by atoms with E-state index in [2.05, 4.69) is 26.1 Å². The summed E-state index contributed by atoms with van der Waals surface area (Å²) in [5, 5.41) is 3.23. The Kier molecular flexibility index (Phi) is 9.16. The second-order valence-corrected chi connectivity index (χ2v) is 6.88. The maximum Gasteiger partial charge on any atom is 0.500 e. The molecular formula is C11H27NO3Si. The smallest absolute Gasteiger partial charge is 0.377 e. The van der Waals surface area contributed by atoms with Crippen molar-refractivity contribution in [3.05, 3.63) is 0 Å². The van der Waals surface area contributed by atoms with E-state index in [0.29, 0.717) is 19.1 Å². The van der Waals surface area contributed by atoms with Gasteiger partial charge in [0.25, 0.3) is 0 Å². The van der Waals surface area contributed by atoms with Crippen LogP contribution in [0.4, 0.5) is 0 Å². The number of hydrogen-bond donors (Lipinski definition) is 1. The molecule has 0 aromatic rings. The normalized spacial score (nSPS) is 15.4. The standard InChI is InChI=1S/C11H27NO3Si/c1-6-12-8-9-15-16(13-5,14-7-2)10-11(3)4/h11-12H,6-10H2,1-5H3. The van der Waals surface area contributed by atoms with Crippen LogP contribution in [0.25, 0.3) is 0 Å². The molecule has 0 rings (SSSR count). The molecule has 0 radical (unpaired) electrons. The van der Waals surface area contributed by atoms with Crippen LogP contribution in [-0.2, 0) is 13.3 Å². The highest BCUT2D eigenvalue weighted by Gasteiger charge is 2.40. The lowest BCUT2D eigenvalue weighted by Gasteiger charge is -2.29. The van der Waals surface area contributed by atoms with Crippen LogP contribution in [-0.4, -0.2) is 42.2 Å². The van der Waals surface area contributed by atoms with E-state index in [4.69, 9.17) is 13.3 Å². The lowest BCUT2D eigenvalue weighted by molar-refractivity contribution is 0.0795. The first kappa shape index (κ1) is 16.1. The Hall–Kier alpha value is 0.0569. The lowest BCUT2D eigenvalue weighted by Crippen LogP contribution is -2.47. The third kappa shape index (κ3) is 6.60. The molecule has 1 unspecified atom stereocenters. The molecule has 0 fully saturated rings. The summed E-state index contributed by atoms with van der Waals surface area (Å²) in [5.74, 6) is 0.525. The Balaban J connectivity index is 4.15. The highest BCUT2D eigenvalue weighted by atomic mass is 28.4. The van der Waals surface area contributed by atoms with Gasteiger partial charge < -0.3 is 18.6 Å². The van der Waals surface area contributed by atoms with Gasteiger partial charge in [0.2, 0.25) is 0 Å². The monoisotopic (exact) mass is 249 g/mol. The first-order valence-corrected chi connectivity index (χ1v) is 8.07. The van der Waals surface area contributed by atoms with Crippen LogP contribution < -0.4 is 5.32 Å². The fraction of sp³-hybridized carbons (Fsp3) is 1.00. The minimum atomic E-state index is -2.42. The molecule has 0 saturated heterocycles. The van der Waals surface area contributed by atoms with Gasteiger partial charge in [-0.2, -0.15) is 0 Å². The van der Waals surface area contributed by atoms with Crippen LogP contribution in [0.3, 0.4) is 0 Å². The maximum atomic E-state index is 5.86. The van der Waals surface area contributed by atoms with Gasteiger partial charge >= 0.3 is 8.80 Å². The average molecular weight is 249 g/mol. The van der Waals surface area contributed by atoms with Gasteiger partial charge in [-0.3, -0.25) is 0 Å². The molecule has 0 spiro atoms. The second-order valence-electron chi connectivity index (χ2n) is 4.12. The molecule has 0 heterocycles. The van der Waals surface area contributed by atoms with E-state index in [1.54, 1.807) is 7.11 Å². The minimum absolute atomic E-state index is 0.525. The summed E-state index contributed by atoms with van der Waals surface area (Å²) in [6.45, 7) is 11.5. The van der Waals surface area contributed by atoms with Gasteiger partial charge in [0.1, 0.15) is 0 Å². The Morgan fingerprint density at radius 3 is 2.31 bits per heavy atom. The summed E-state index contributed by atoms with van der Waals surface area (Å²) in [7, 11) is -0.731. The number of likely N-dealkylation sites (N-methyl/N-ethyl adjacent to an activating group) is 1. The summed E-state index contributed by atoms with van der Waals surface area (Å²) >= 11 is 0. The predicted octanol–water partition coefficient (Wildman–Crippen LogP) is 1.89. The zero-order valence-corrected chi connectivity index (χ0v) is 12.3. The summed E-state index contributed by atoms with van der Waals surface area (Å²) < 4.78 is 17.1.